The molecule has 0 spiro atoms. The summed E-state index contributed by atoms with van der Waals surface area (Å²) in [6.07, 6.45) is 5.60. The Morgan fingerprint density at radius 2 is 1.48 bits per heavy atom. The van der Waals surface area contributed by atoms with Crippen LogP contribution in [0.25, 0.3) is 11.1 Å². The van der Waals surface area contributed by atoms with Crippen molar-refractivity contribution in [1.82, 2.24) is 14.8 Å². The topological polar surface area (TPSA) is 54.9 Å². The Labute approximate surface area is 237 Å². The number of pyridine rings is 1. The lowest BCUT2D eigenvalue weighted by atomic mass is 9.99. The van der Waals surface area contributed by atoms with Crippen molar-refractivity contribution in [3.63, 3.8) is 0 Å². The lowest BCUT2D eigenvalue weighted by Crippen LogP contribution is -2.46. The van der Waals surface area contributed by atoms with Gasteiger partial charge in [-0.25, -0.2) is 0 Å². The Kier molecular flexibility index (Phi) is 8.77. The summed E-state index contributed by atoms with van der Waals surface area (Å²) in [5.74, 6) is 1.51. The van der Waals surface area contributed by atoms with Crippen LogP contribution in [-0.2, 0) is 13.1 Å². The van der Waals surface area contributed by atoms with E-state index in [0.29, 0.717) is 18.0 Å². The molecular weight excluding hydrogens is 498 g/mol. The zero-order valence-corrected chi connectivity index (χ0v) is 23.5. The van der Waals surface area contributed by atoms with Crippen LogP contribution in [0.3, 0.4) is 0 Å². The number of carbonyl (C=O) groups excluding carboxylic acids is 1. The third-order valence-electron chi connectivity index (χ3n) is 7.74. The van der Waals surface area contributed by atoms with Gasteiger partial charge in [-0.1, -0.05) is 48.0 Å². The average Bonchev–Trinajstić information content (AvgIpc) is 3.01. The molecule has 0 atom stereocenters. The second-order valence-electron chi connectivity index (χ2n) is 10.4. The molecule has 0 aliphatic carbocycles. The summed E-state index contributed by atoms with van der Waals surface area (Å²) < 4.78 is 10.9. The molecule has 206 valence electrons. The van der Waals surface area contributed by atoms with Gasteiger partial charge in [0.1, 0.15) is 0 Å². The van der Waals surface area contributed by atoms with Crippen LogP contribution >= 0.6 is 0 Å². The van der Waals surface area contributed by atoms with Crippen LogP contribution in [0.2, 0.25) is 0 Å². The van der Waals surface area contributed by atoms with Gasteiger partial charge in [0, 0.05) is 50.2 Å². The second kappa shape index (κ2) is 12.8. The predicted octanol–water partition coefficient (Wildman–Crippen LogP) is 6.38. The molecule has 0 N–H and O–H groups in total. The average molecular weight is 536 g/mol. The van der Waals surface area contributed by atoms with Crippen LogP contribution in [-0.4, -0.2) is 54.0 Å². The number of likely N-dealkylation sites (tertiary alicyclic amines) is 1. The number of ether oxygens (including phenoxy) is 2. The monoisotopic (exact) mass is 535 g/mol. The van der Waals surface area contributed by atoms with Gasteiger partial charge in [-0.05, 0) is 78.4 Å². The number of amides is 1. The van der Waals surface area contributed by atoms with E-state index in [0.717, 1.165) is 60.3 Å². The minimum absolute atomic E-state index is 0.0940. The van der Waals surface area contributed by atoms with Gasteiger partial charge in [0.05, 0.1) is 14.2 Å². The van der Waals surface area contributed by atoms with Crippen LogP contribution in [0.5, 0.6) is 11.5 Å². The molecule has 1 aliphatic heterocycles. The van der Waals surface area contributed by atoms with Gasteiger partial charge >= 0.3 is 0 Å². The zero-order valence-electron chi connectivity index (χ0n) is 23.5. The third kappa shape index (κ3) is 6.52. The van der Waals surface area contributed by atoms with Crippen molar-refractivity contribution in [1.29, 1.82) is 0 Å². The lowest BCUT2D eigenvalue weighted by Gasteiger charge is -2.39. The highest BCUT2D eigenvalue weighted by Gasteiger charge is 2.29. The molecule has 1 aromatic heterocycles. The van der Waals surface area contributed by atoms with Gasteiger partial charge in [-0.15, -0.1) is 0 Å². The minimum atomic E-state index is 0.0940. The fourth-order valence-electron chi connectivity index (χ4n) is 5.38. The maximum atomic E-state index is 13.8. The van der Waals surface area contributed by atoms with E-state index in [1.165, 1.54) is 5.56 Å². The molecule has 0 bridgehead atoms. The number of aromatic nitrogens is 1. The number of piperidine rings is 1. The van der Waals surface area contributed by atoms with E-state index in [-0.39, 0.29) is 11.9 Å². The standard InChI is InChI=1S/C34H37N3O3/c1-25-4-8-29(9-5-25)34(38)37(31-16-20-36(21-17-31)23-27-14-18-35-19-15-27)24-26-6-10-28(11-7-26)30-12-13-32(39-2)33(22-30)40-3/h4-15,18-19,22,31H,16-17,20-21,23-24H2,1-3H3. The smallest absolute Gasteiger partial charge is 0.254 e. The van der Waals surface area contributed by atoms with Gasteiger partial charge < -0.3 is 14.4 Å². The van der Waals surface area contributed by atoms with Gasteiger partial charge in [-0.2, -0.15) is 0 Å². The van der Waals surface area contributed by atoms with Crippen molar-refractivity contribution in [3.05, 3.63) is 114 Å². The Morgan fingerprint density at radius 3 is 2.12 bits per heavy atom. The first-order valence-corrected chi connectivity index (χ1v) is 13.8. The lowest BCUT2D eigenvalue weighted by molar-refractivity contribution is 0.0543. The van der Waals surface area contributed by atoms with E-state index in [2.05, 4.69) is 51.2 Å². The number of aryl methyl sites for hydroxylation is 1. The van der Waals surface area contributed by atoms with Gasteiger partial charge in [0.25, 0.3) is 5.91 Å². The van der Waals surface area contributed by atoms with Crippen molar-refractivity contribution in [2.24, 2.45) is 0 Å². The number of hydrogen-bond acceptors (Lipinski definition) is 5. The highest BCUT2D eigenvalue weighted by molar-refractivity contribution is 5.94. The van der Waals surface area contributed by atoms with Crippen molar-refractivity contribution in [2.75, 3.05) is 27.3 Å². The Hall–Kier alpha value is -4.16. The molecule has 1 saturated heterocycles. The van der Waals surface area contributed by atoms with E-state index in [9.17, 15) is 4.79 Å². The van der Waals surface area contributed by atoms with E-state index < -0.39 is 0 Å². The van der Waals surface area contributed by atoms with E-state index in [1.807, 2.05) is 61.8 Å². The van der Waals surface area contributed by atoms with Crippen LogP contribution in [0.1, 0.15) is 39.9 Å². The van der Waals surface area contributed by atoms with Gasteiger partial charge in [-0.3, -0.25) is 14.7 Å². The number of hydrogen-bond donors (Lipinski definition) is 0. The Bertz CT molecular complexity index is 1400. The molecular formula is C34H37N3O3. The Morgan fingerprint density at radius 1 is 0.825 bits per heavy atom. The fraction of sp³-hybridized carbons (Fsp3) is 0.294. The number of carbonyl (C=O) groups is 1. The molecule has 1 amide bonds. The maximum absolute atomic E-state index is 13.8. The zero-order chi connectivity index (χ0) is 27.9. The summed E-state index contributed by atoms with van der Waals surface area (Å²) in [6, 6.07) is 26.7. The van der Waals surface area contributed by atoms with Gasteiger partial charge in [0.15, 0.2) is 11.5 Å². The van der Waals surface area contributed by atoms with Gasteiger partial charge in [0.2, 0.25) is 0 Å². The summed E-state index contributed by atoms with van der Waals surface area (Å²) in [7, 11) is 3.29. The number of methoxy groups -OCH3 is 2. The van der Waals surface area contributed by atoms with Crippen molar-refractivity contribution in [3.8, 4) is 22.6 Å². The quantitative estimate of drug-likeness (QED) is 0.249. The number of rotatable bonds is 9. The molecule has 0 unspecified atom stereocenters. The van der Waals surface area contributed by atoms with Crippen LogP contribution < -0.4 is 9.47 Å². The summed E-state index contributed by atoms with van der Waals surface area (Å²) in [5, 5.41) is 0. The van der Waals surface area contributed by atoms with E-state index in [1.54, 1.807) is 14.2 Å². The molecule has 6 nitrogen and oxygen atoms in total. The molecule has 2 heterocycles. The molecule has 40 heavy (non-hydrogen) atoms. The Balaban J connectivity index is 1.32. The molecule has 1 aliphatic rings. The molecule has 6 heteroatoms. The normalized spacial score (nSPS) is 14.1. The van der Waals surface area contributed by atoms with Crippen molar-refractivity contribution < 1.29 is 14.3 Å². The summed E-state index contributed by atoms with van der Waals surface area (Å²) in [5.41, 5.74) is 6.42. The van der Waals surface area contributed by atoms with E-state index >= 15 is 0 Å². The minimum Gasteiger partial charge on any atom is -0.493 e. The molecule has 1 fully saturated rings. The highest BCUT2D eigenvalue weighted by atomic mass is 16.5. The molecule has 5 rings (SSSR count). The highest BCUT2D eigenvalue weighted by Crippen LogP contribution is 2.32. The number of benzene rings is 3. The SMILES string of the molecule is COc1ccc(-c2ccc(CN(C(=O)c3ccc(C)cc3)C3CCN(Cc4ccncc4)CC3)cc2)cc1OC. The first-order valence-electron chi connectivity index (χ1n) is 13.8. The summed E-state index contributed by atoms with van der Waals surface area (Å²) in [6.45, 7) is 5.46. The third-order valence-corrected chi connectivity index (χ3v) is 7.74. The first-order chi connectivity index (χ1) is 19.5. The van der Waals surface area contributed by atoms with Crippen molar-refractivity contribution >= 4 is 5.91 Å². The largest absolute Gasteiger partial charge is 0.493 e. The van der Waals surface area contributed by atoms with Crippen molar-refractivity contribution in [2.45, 2.75) is 38.9 Å². The summed E-state index contributed by atoms with van der Waals surface area (Å²) in [4.78, 5) is 22.5. The first kappa shape index (κ1) is 27.4. The summed E-state index contributed by atoms with van der Waals surface area (Å²) >= 11 is 0. The van der Waals surface area contributed by atoms with Crippen LogP contribution in [0.15, 0.2) is 91.3 Å². The fourth-order valence-corrected chi connectivity index (χ4v) is 5.38. The van der Waals surface area contributed by atoms with E-state index in [4.69, 9.17) is 9.47 Å². The number of nitrogens with zero attached hydrogens (tertiary/aromatic N) is 3. The predicted molar refractivity (Wildman–Crippen MR) is 159 cm³/mol. The molecule has 0 radical (unpaired) electrons. The van der Waals surface area contributed by atoms with Crippen LogP contribution in [0.4, 0.5) is 0 Å². The molecule has 4 aromatic rings. The second-order valence-corrected chi connectivity index (χ2v) is 10.4. The maximum Gasteiger partial charge on any atom is 0.254 e. The molecule has 3 aromatic carbocycles. The van der Waals surface area contributed by atoms with Crippen LogP contribution in [0, 0.1) is 6.92 Å². The molecule has 0 saturated carbocycles.